The van der Waals surface area contributed by atoms with E-state index in [1.165, 1.54) is 45.8 Å². The van der Waals surface area contributed by atoms with Crippen LogP contribution in [0.4, 0.5) is 0 Å². The lowest BCUT2D eigenvalue weighted by molar-refractivity contribution is 0.00152. The number of piperazine rings is 1. The monoisotopic (exact) mass is 264 g/mol. The molecule has 0 aromatic carbocycles. The molecule has 3 rings (SSSR count). The molecule has 6 heteroatoms. The van der Waals surface area contributed by atoms with E-state index in [4.69, 9.17) is 0 Å². The molecule has 0 amide bonds. The Morgan fingerprint density at radius 1 is 1.16 bits per heavy atom. The van der Waals surface area contributed by atoms with E-state index in [9.17, 15) is 0 Å². The van der Waals surface area contributed by atoms with Gasteiger partial charge in [0.1, 0.15) is 0 Å². The van der Waals surface area contributed by atoms with Crippen molar-refractivity contribution in [3.8, 4) is 0 Å². The lowest BCUT2D eigenvalue weighted by Gasteiger charge is -2.48. The summed E-state index contributed by atoms with van der Waals surface area (Å²) in [5.74, 6) is 0. The van der Waals surface area contributed by atoms with Crippen molar-refractivity contribution in [1.29, 1.82) is 0 Å². The molecule has 3 heterocycles. The quantitative estimate of drug-likeness (QED) is 0.742. The first-order valence-corrected chi connectivity index (χ1v) is 7.28. The Morgan fingerprint density at radius 2 is 1.89 bits per heavy atom. The molecule has 6 nitrogen and oxygen atoms in total. The largest absolute Gasteiger partial charge is 0.301 e. The molecule has 0 spiro atoms. The van der Waals surface area contributed by atoms with Crippen LogP contribution in [-0.4, -0.2) is 81.5 Å². The Balaban J connectivity index is 1.41. The molecule has 1 aromatic heterocycles. The van der Waals surface area contributed by atoms with Crippen LogP contribution >= 0.6 is 0 Å². The van der Waals surface area contributed by atoms with Crippen LogP contribution in [0.3, 0.4) is 0 Å². The van der Waals surface area contributed by atoms with E-state index in [2.05, 4.69) is 31.8 Å². The summed E-state index contributed by atoms with van der Waals surface area (Å²) in [6, 6.07) is 0.760. The van der Waals surface area contributed by atoms with Crippen LogP contribution in [0.1, 0.15) is 12.6 Å². The minimum atomic E-state index is 0.760. The van der Waals surface area contributed by atoms with E-state index in [0.717, 1.165) is 18.3 Å². The highest BCUT2D eigenvalue weighted by Crippen LogP contribution is 2.18. The molecule has 2 saturated heterocycles. The Kier molecular flexibility index (Phi) is 3.81. The van der Waals surface area contributed by atoms with E-state index in [1.807, 2.05) is 13.2 Å². The maximum atomic E-state index is 4.33. The topological polar surface area (TPSA) is 40.4 Å². The van der Waals surface area contributed by atoms with Gasteiger partial charge in [-0.15, -0.1) is 0 Å². The van der Waals surface area contributed by atoms with Crippen LogP contribution in [0, 0.1) is 0 Å². The highest BCUT2D eigenvalue weighted by molar-refractivity contribution is 4.97. The van der Waals surface area contributed by atoms with Gasteiger partial charge in [0.05, 0.1) is 11.9 Å². The van der Waals surface area contributed by atoms with Gasteiger partial charge in [-0.05, 0) is 6.54 Å². The maximum absolute atomic E-state index is 4.33. The first-order chi connectivity index (χ1) is 9.24. The summed E-state index contributed by atoms with van der Waals surface area (Å²) in [7, 11) is 1.87. The zero-order valence-corrected chi connectivity index (χ0v) is 12.0. The molecule has 2 fully saturated rings. The van der Waals surface area contributed by atoms with Gasteiger partial charge in [0.2, 0.25) is 0 Å². The summed E-state index contributed by atoms with van der Waals surface area (Å²) in [6.07, 6.45) is 1.87. The summed E-state index contributed by atoms with van der Waals surface area (Å²) < 4.78 is 0. The van der Waals surface area contributed by atoms with Crippen molar-refractivity contribution in [2.24, 2.45) is 7.05 Å². The van der Waals surface area contributed by atoms with Crippen molar-refractivity contribution in [1.82, 2.24) is 29.7 Å². The number of likely N-dealkylation sites (tertiary alicyclic amines) is 1. The van der Waals surface area contributed by atoms with Crippen molar-refractivity contribution in [2.45, 2.75) is 19.5 Å². The summed E-state index contributed by atoms with van der Waals surface area (Å²) in [6.45, 7) is 11.7. The number of hydrogen-bond acceptors (Lipinski definition) is 5. The van der Waals surface area contributed by atoms with Crippen molar-refractivity contribution >= 4 is 0 Å². The van der Waals surface area contributed by atoms with Crippen LogP contribution in [0.25, 0.3) is 0 Å². The van der Waals surface area contributed by atoms with Crippen molar-refractivity contribution < 1.29 is 0 Å². The van der Waals surface area contributed by atoms with E-state index in [0.29, 0.717) is 0 Å². The number of aryl methyl sites for hydroxylation is 1. The smallest absolute Gasteiger partial charge is 0.0967 e. The van der Waals surface area contributed by atoms with Crippen molar-refractivity contribution in [3.05, 3.63) is 11.9 Å². The fourth-order valence-electron chi connectivity index (χ4n) is 3.04. The molecule has 0 bridgehead atoms. The van der Waals surface area contributed by atoms with Gasteiger partial charge in [-0.25, -0.2) is 0 Å². The maximum Gasteiger partial charge on any atom is 0.0967 e. The Hall–Kier alpha value is -0.980. The predicted octanol–water partition coefficient (Wildman–Crippen LogP) is -0.363. The molecule has 2 aliphatic heterocycles. The van der Waals surface area contributed by atoms with Crippen LogP contribution in [0.5, 0.6) is 0 Å². The highest BCUT2D eigenvalue weighted by Gasteiger charge is 2.33. The number of hydrogen-bond donors (Lipinski definition) is 0. The lowest BCUT2D eigenvalue weighted by atomic mass is 10.1. The summed E-state index contributed by atoms with van der Waals surface area (Å²) in [4.78, 5) is 9.28. The van der Waals surface area contributed by atoms with Crippen LogP contribution in [0.15, 0.2) is 6.20 Å². The molecule has 0 atom stereocenters. The van der Waals surface area contributed by atoms with Crippen LogP contribution in [0.2, 0.25) is 0 Å². The van der Waals surface area contributed by atoms with E-state index >= 15 is 0 Å². The Morgan fingerprint density at radius 3 is 2.47 bits per heavy atom. The second-order valence-corrected chi connectivity index (χ2v) is 5.64. The summed E-state index contributed by atoms with van der Waals surface area (Å²) >= 11 is 0. The molecule has 106 valence electrons. The van der Waals surface area contributed by atoms with E-state index in [1.54, 1.807) is 4.80 Å². The lowest BCUT2D eigenvalue weighted by Crippen LogP contribution is -2.62. The number of rotatable bonds is 4. The van der Waals surface area contributed by atoms with Gasteiger partial charge in [0, 0.05) is 58.9 Å². The van der Waals surface area contributed by atoms with Gasteiger partial charge in [-0.2, -0.15) is 15.0 Å². The third-order valence-electron chi connectivity index (χ3n) is 4.34. The molecular weight excluding hydrogens is 240 g/mol. The van der Waals surface area contributed by atoms with Crippen LogP contribution in [-0.2, 0) is 13.6 Å². The summed E-state index contributed by atoms with van der Waals surface area (Å²) in [5.41, 5.74) is 1.08. The number of nitrogens with zero attached hydrogens (tertiary/aromatic N) is 6. The molecule has 19 heavy (non-hydrogen) atoms. The van der Waals surface area contributed by atoms with Gasteiger partial charge < -0.3 is 4.90 Å². The molecule has 0 aliphatic carbocycles. The second-order valence-electron chi connectivity index (χ2n) is 5.64. The van der Waals surface area contributed by atoms with Crippen molar-refractivity contribution in [3.63, 3.8) is 0 Å². The van der Waals surface area contributed by atoms with Gasteiger partial charge in [-0.1, -0.05) is 6.92 Å². The molecule has 2 aliphatic rings. The van der Waals surface area contributed by atoms with Gasteiger partial charge in [0.25, 0.3) is 0 Å². The minimum Gasteiger partial charge on any atom is -0.301 e. The van der Waals surface area contributed by atoms with Crippen molar-refractivity contribution in [2.75, 3.05) is 45.8 Å². The molecule has 0 N–H and O–H groups in total. The van der Waals surface area contributed by atoms with E-state index < -0.39 is 0 Å². The van der Waals surface area contributed by atoms with Gasteiger partial charge >= 0.3 is 0 Å². The number of likely N-dealkylation sites (N-methyl/N-ethyl adjacent to an activating group) is 1. The Labute approximate surface area is 115 Å². The third kappa shape index (κ3) is 2.96. The molecule has 1 aromatic rings. The zero-order chi connectivity index (χ0) is 13.2. The Bertz CT molecular complexity index is 403. The SMILES string of the molecule is CCN1CCN(C2CN(Cc3cnn(C)n3)C2)CC1. The zero-order valence-electron chi connectivity index (χ0n) is 12.0. The second kappa shape index (κ2) is 5.56. The third-order valence-corrected chi connectivity index (χ3v) is 4.34. The van der Waals surface area contributed by atoms with Crippen LogP contribution < -0.4 is 0 Å². The molecule has 0 radical (unpaired) electrons. The predicted molar refractivity (Wildman–Crippen MR) is 73.8 cm³/mol. The average molecular weight is 264 g/mol. The fraction of sp³-hybridized carbons (Fsp3) is 0.846. The van der Waals surface area contributed by atoms with E-state index in [-0.39, 0.29) is 0 Å². The fourth-order valence-corrected chi connectivity index (χ4v) is 3.04. The van der Waals surface area contributed by atoms with Gasteiger partial charge in [-0.3, -0.25) is 9.80 Å². The molecular formula is C13H24N6. The highest BCUT2D eigenvalue weighted by atomic mass is 15.5. The summed E-state index contributed by atoms with van der Waals surface area (Å²) in [5, 5.41) is 8.45. The average Bonchev–Trinajstić information content (AvgIpc) is 2.79. The molecule has 0 saturated carbocycles. The standard InChI is InChI=1S/C13H24N6/c1-3-17-4-6-19(7-5-17)13-10-18(11-13)9-12-8-14-16(2)15-12/h8,13H,3-7,9-11H2,1-2H3. The molecule has 0 unspecified atom stereocenters. The number of aromatic nitrogens is 3. The minimum absolute atomic E-state index is 0.760. The first kappa shape index (κ1) is 13.0. The van der Waals surface area contributed by atoms with Gasteiger partial charge in [0.15, 0.2) is 0 Å². The normalized spacial score (nSPS) is 23.7. The first-order valence-electron chi connectivity index (χ1n) is 7.28.